The third-order valence-electron chi connectivity index (χ3n) is 0.745. The zero-order valence-corrected chi connectivity index (χ0v) is 11.5. The van der Waals surface area contributed by atoms with E-state index in [1.807, 2.05) is 0 Å². The average Bonchev–Trinajstić information content (AvgIpc) is 1.95. The molecule has 0 fully saturated rings. The van der Waals surface area contributed by atoms with Crippen LogP contribution in [0, 0.1) is 40.5 Å². The zero-order chi connectivity index (χ0) is 13.6. The standard InChI is InChI=1S/4NO3.3H2O.Sn/c4*2-1(3)4;;;;/h;;;;3*1H2;/q4*-1;;;;+4. The van der Waals surface area contributed by atoms with Crippen molar-refractivity contribution in [3.05, 3.63) is 40.5 Å². The Hall–Kier alpha value is -2.52. The van der Waals surface area contributed by atoms with Gasteiger partial charge in [0.1, 0.15) is 0 Å². The molecular weight excluding hydrogens is 415 g/mol. The van der Waals surface area contributed by atoms with E-state index in [0.29, 0.717) is 0 Å². The minimum absolute atomic E-state index is 0. The van der Waals surface area contributed by atoms with Crippen molar-refractivity contribution in [1.29, 1.82) is 0 Å². The fourth-order valence-electron chi connectivity index (χ4n) is 0.465. The van der Waals surface area contributed by atoms with E-state index >= 15 is 0 Å². The van der Waals surface area contributed by atoms with Gasteiger partial charge in [-0.1, -0.05) is 0 Å². The second-order valence-corrected chi connectivity index (χ2v) is 6.70. The predicted octanol–water partition coefficient (Wildman–Crippen LogP) is -4.22. The van der Waals surface area contributed by atoms with Crippen LogP contribution in [-0.4, -0.2) is 56.8 Å². The fraction of sp³-hybridized carbons (Fsp3) is 0. The van der Waals surface area contributed by atoms with Crippen molar-refractivity contribution < 1.29 is 49.5 Å². The maximum absolute atomic E-state index is 9.89. The van der Waals surface area contributed by atoms with Gasteiger partial charge in [-0.3, -0.25) is 0 Å². The molecule has 0 aromatic heterocycles. The summed E-state index contributed by atoms with van der Waals surface area (Å²) in [6.07, 6.45) is 0. The molecule has 0 spiro atoms. The molecule has 20 heteroatoms. The molecule has 0 aromatic carbocycles. The molecule has 0 aliphatic heterocycles. The molecule has 19 nitrogen and oxygen atoms in total. The number of nitrogens with zero attached hydrogens (tertiary/aromatic N) is 4. The Kier molecular flexibility index (Phi) is 13.6. The Morgan fingerprint density at radius 2 is 0.700 bits per heavy atom. The molecule has 0 radical (unpaired) electrons. The minimum atomic E-state index is -6.68. The first-order valence-corrected chi connectivity index (χ1v) is 7.67. The first-order chi connectivity index (χ1) is 7.67. The van der Waals surface area contributed by atoms with Gasteiger partial charge in [0.05, 0.1) is 0 Å². The normalized spacial score (nSPS) is 8.40. The van der Waals surface area contributed by atoms with Crippen LogP contribution in [-0.2, 0) is 12.7 Å². The van der Waals surface area contributed by atoms with Gasteiger partial charge in [-0.2, -0.15) is 0 Å². The summed E-state index contributed by atoms with van der Waals surface area (Å²) >= 11 is -6.68. The quantitative estimate of drug-likeness (QED) is 0.204. The van der Waals surface area contributed by atoms with Crippen LogP contribution in [0.4, 0.5) is 0 Å². The SMILES string of the molecule is O.O.O.O=[N+]([O-])[O][Sn]([O][N+](=O)[O-])([O][N+](=O)[O-])[O][N+](=O)[O-]. The van der Waals surface area contributed by atoms with Crippen molar-refractivity contribution in [1.82, 2.24) is 0 Å². The third-order valence-corrected chi connectivity index (χ3v) is 5.00. The van der Waals surface area contributed by atoms with Gasteiger partial charge in [0, 0.05) is 0 Å². The van der Waals surface area contributed by atoms with Gasteiger partial charge in [0.15, 0.2) is 0 Å². The maximum atomic E-state index is 9.89. The number of hydrogen-bond donors (Lipinski definition) is 0. The predicted molar refractivity (Wildman–Crippen MR) is 48.9 cm³/mol. The number of hydrogen-bond acceptors (Lipinski definition) is 12. The molecule has 0 aromatic rings. The second-order valence-electron chi connectivity index (χ2n) is 1.76. The van der Waals surface area contributed by atoms with Crippen molar-refractivity contribution >= 4 is 20.0 Å². The van der Waals surface area contributed by atoms with Crippen LogP contribution in [0.2, 0.25) is 0 Å². The van der Waals surface area contributed by atoms with Crippen LogP contribution >= 0.6 is 0 Å². The van der Waals surface area contributed by atoms with E-state index in [2.05, 4.69) is 12.7 Å². The Labute approximate surface area is 111 Å². The summed E-state index contributed by atoms with van der Waals surface area (Å²) in [4.78, 5) is 39.5. The summed E-state index contributed by atoms with van der Waals surface area (Å²) in [6, 6.07) is 0. The molecule has 6 N–H and O–H groups in total. The van der Waals surface area contributed by atoms with Crippen molar-refractivity contribution in [2.75, 3.05) is 0 Å². The first-order valence-electron chi connectivity index (χ1n) is 3.01. The summed E-state index contributed by atoms with van der Waals surface area (Å²) in [6.45, 7) is 0. The molecule has 0 aliphatic carbocycles. The van der Waals surface area contributed by atoms with Crippen LogP contribution in [0.3, 0.4) is 0 Å². The van der Waals surface area contributed by atoms with E-state index in [9.17, 15) is 40.5 Å². The average molecular weight is 421 g/mol. The molecule has 120 valence electrons. The van der Waals surface area contributed by atoms with E-state index < -0.39 is 40.4 Å². The van der Waals surface area contributed by atoms with Crippen LogP contribution < -0.4 is 0 Å². The van der Waals surface area contributed by atoms with Crippen LogP contribution in [0.15, 0.2) is 0 Å². The van der Waals surface area contributed by atoms with E-state index in [-0.39, 0.29) is 16.4 Å². The Balaban J connectivity index is -0.000000427. The molecule has 0 unspecified atom stereocenters. The van der Waals surface area contributed by atoms with Crippen LogP contribution in [0.5, 0.6) is 0 Å². The molecule has 20 heavy (non-hydrogen) atoms. The van der Waals surface area contributed by atoms with Gasteiger partial charge >= 0.3 is 93.5 Å². The molecule has 0 atom stereocenters. The molecule has 0 saturated heterocycles. The van der Waals surface area contributed by atoms with Crippen molar-refractivity contribution in [2.24, 2.45) is 0 Å². The molecule has 0 rings (SSSR count). The van der Waals surface area contributed by atoms with Crippen LogP contribution in [0.1, 0.15) is 0 Å². The molecule has 0 saturated carbocycles. The zero-order valence-electron chi connectivity index (χ0n) is 8.69. The van der Waals surface area contributed by atoms with Gasteiger partial charge in [-0.05, 0) is 0 Å². The van der Waals surface area contributed by atoms with Crippen molar-refractivity contribution in [3.8, 4) is 0 Å². The second kappa shape index (κ2) is 10.4. The Morgan fingerprint density at radius 1 is 0.550 bits per heavy atom. The summed E-state index contributed by atoms with van der Waals surface area (Å²) < 4.78 is 13.2. The van der Waals surface area contributed by atoms with Crippen LogP contribution in [0.25, 0.3) is 0 Å². The Bertz CT molecular complexity index is 278. The molecule has 0 aliphatic rings. The molecule has 0 heterocycles. The Morgan fingerprint density at radius 3 is 0.800 bits per heavy atom. The summed E-state index contributed by atoms with van der Waals surface area (Å²) in [5, 5.41) is 32.3. The van der Waals surface area contributed by atoms with Gasteiger partial charge in [-0.25, -0.2) is 0 Å². The third kappa shape index (κ3) is 10.6. The van der Waals surface area contributed by atoms with Gasteiger partial charge in [-0.15, -0.1) is 0 Å². The van der Waals surface area contributed by atoms with E-state index in [1.165, 1.54) is 0 Å². The topological polar surface area (TPSA) is 304 Å². The molecular formula is H6N4O15Sn. The summed E-state index contributed by atoms with van der Waals surface area (Å²) in [5.41, 5.74) is 0. The van der Waals surface area contributed by atoms with E-state index in [0.717, 1.165) is 0 Å². The van der Waals surface area contributed by atoms with Gasteiger partial charge in [0.25, 0.3) is 0 Å². The summed E-state index contributed by atoms with van der Waals surface area (Å²) in [7, 11) is 0. The van der Waals surface area contributed by atoms with Gasteiger partial charge < -0.3 is 16.4 Å². The van der Waals surface area contributed by atoms with E-state index in [4.69, 9.17) is 0 Å². The molecule has 0 amide bonds. The monoisotopic (exact) mass is 422 g/mol. The summed E-state index contributed by atoms with van der Waals surface area (Å²) in [5.74, 6) is 0. The van der Waals surface area contributed by atoms with E-state index in [1.54, 1.807) is 0 Å². The number of rotatable bonds is 8. The fourth-order valence-corrected chi connectivity index (χ4v) is 3.12. The molecule has 0 bridgehead atoms. The first kappa shape index (κ1) is 26.1. The van der Waals surface area contributed by atoms with Crippen molar-refractivity contribution in [2.45, 2.75) is 0 Å². The van der Waals surface area contributed by atoms with Crippen molar-refractivity contribution in [3.63, 3.8) is 0 Å². The van der Waals surface area contributed by atoms with Gasteiger partial charge in [0.2, 0.25) is 0 Å².